The second-order valence-corrected chi connectivity index (χ2v) is 5.64. The molecular formula is C16H25NO. The minimum atomic E-state index is 0.717. The van der Waals surface area contributed by atoms with Gasteiger partial charge in [-0.3, -0.25) is 0 Å². The van der Waals surface area contributed by atoms with Crippen molar-refractivity contribution in [3.05, 3.63) is 30.3 Å². The third-order valence-electron chi connectivity index (χ3n) is 3.69. The second-order valence-electron chi connectivity index (χ2n) is 5.64. The molecule has 0 saturated heterocycles. The van der Waals surface area contributed by atoms with Crippen molar-refractivity contribution in [2.45, 2.75) is 39.2 Å². The van der Waals surface area contributed by atoms with Crippen molar-refractivity contribution in [3.63, 3.8) is 0 Å². The minimum absolute atomic E-state index is 0.717. The number of rotatable bonds is 8. The lowest BCUT2D eigenvalue weighted by Gasteiger charge is -2.21. The van der Waals surface area contributed by atoms with Gasteiger partial charge in [-0.15, -0.1) is 0 Å². The molecule has 1 N–H and O–H groups in total. The van der Waals surface area contributed by atoms with Crippen LogP contribution in [0.4, 0.5) is 0 Å². The average molecular weight is 247 g/mol. The molecule has 0 aromatic heterocycles. The molecule has 1 aromatic carbocycles. The maximum atomic E-state index is 5.78. The zero-order valence-electron chi connectivity index (χ0n) is 11.6. The van der Waals surface area contributed by atoms with Gasteiger partial charge in [-0.25, -0.2) is 0 Å². The average Bonchev–Trinajstić information content (AvgIpc) is 3.18. The largest absolute Gasteiger partial charge is 0.494 e. The molecule has 2 rings (SSSR count). The number of benzene rings is 1. The summed E-state index contributed by atoms with van der Waals surface area (Å²) in [6.45, 7) is 6.57. The molecule has 1 saturated carbocycles. The van der Waals surface area contributed by atoms with Crippen LogP contribution in [0.1, 0.15) is 33.1 Å². The van der Waals surface area contributed by atoms with E-state index in [-0.39, 0.29) is 0 Å². The van der Waals surface area contributed by atoms with Crippen molar-refractivity contribution in [1.29, 1.82) is 0 Å². The Bertz CT molecular complexity index is 332. The summed E-state index contributed by atoms with van der Waals surface area (Å²) in [6.07, 6.45) is 3.86. The molecule has 0 aliphatic heterocycles. The Labute approximate surface area is 111 Å². The fourth-order valence-electron chi connectivity index (χ4n) is 2.12. The third kappa shape index (κ3) is 4.69. The maximum Gasteiger partial charge on any atom is 0.119 e. The molecule has 0 radical (unpaired) electrons. The van der Waals surface area contributed by atoms with Crippen LogP contribution in [0.3, 0.4) is 0 Å². The quantitative estimate of drug-likeness (QED) is 0.759. The summed E-state index contributed by atoms with van der Waals surface area (Å²) < 4.78 is 5.78. The van der Waals surface area contributed by atoms with Crippen LogP contribution in [0.25, 0.3) is 0 Å². The first-order valence-electron chi connectivity index (χ1n) is 7.17. The van der Waals surface area contributed by atoms with Crippen LogP contribution in [0, 0.1) is 11.8 Å². The van der Waals surface area contributed by atoms with Gasteiger partial charge < -0.3 is 10.1 Å². The molecule has 0 heterocycles. The zero-order chi connectivity index (χ0) is 12.8. The van der Waals surface area contributed by atoms with Gasteiger partial charge in [0.1, 0.15) is 5.75 Å². The Morgan fingerprint density at radius 3 is 2.56 bits per heavy atom. The lowest BCUT2D eigenvalue weighted by atomic mass is 9.93. The Hall–Kier alpha value is -1.02. The van der Waals surface area contributed by atoms with Gasteiger partial charge >= 0.3 is 0 Å². The van der Waals surface area contributed by atoms with Crippen LogP contribution in [-0.2, 0) is 0 Å². The first-order chi connectivity index (χ1) is 8.75. The lowest BCUT2D eigenvalue weighted by molar-refractivity contribution is 0.243. The first-order valence-corrected chi connectivity index (χ1v) is 7.17. The van der Waals surface area contributed by atoms with E-state index in [0.717, 1.165) is 37.3 Å². The summed E-state index contributed by atoms with van der Waals surface area (Å²) in [6, 6.07) is 10.9. The summed E-state index contributed by atoms with van der Waals surface area (Å²) >= 11 is 0. The van der Waals surface area contributed by atoms with E-state index in [1.165, 1.54) is 12.8 Å². The van der Waals surface area contributed by atoms with Crippen molar-refractivity contribution in [2.75, 3.05) is 13.2 Å². The molecule has 1 aliphatic carbocycles. The van der Waals surface area contributed by atoms with Gasteiger partial charge in [0, 0.05) is 6.04 Å². The summed E-state index contributed by atoms with van der Waals surface area (Å²) in [5, 5.41) is 3.63. The van der Waals surface area contributed by atoms with Crippen molar-refractivity contribution in [3.8, 4) is 5.75 Å². The van der Waals surface area contributed by atoms with Crippen LogP contribution in [-0.4, -0.2) is 19.2 Å². The molecule has 1 atom stereocenters. The normalized spacial score (nSPS) is 16.8. The third-order valence-corrected chi connectivity index (χ3v) is 3.69. The van der Waals surface area contributed by atoms with Gasteiger partial charge in [0.2, 0.25) is 0 Å². The summed E-state index contributed by atoms with van der Waals surface area (Å²) in [4.78, 5) is 0. The predicted molar refractivity (Wildman–Crippen MR) is 75.9 cm³/mol. The van der Waals surface area contributed by atoms with E-state index in [0.29, 0.717) is 5.92 Å². The van der Waals surface area contributed by atoms with Crippen molar-refractivity contribution >= 4 is 0 Å². The standard InChI is InChI=1S/C16H25NO/c1-13(2)14(12-17-15-8-9-15)10-11-18-16-6-4-3-5-7-16/h3-7,13-15,17H,8-12H2,1-2H3. The molecule has 1 fully saturated rings. The first kappa shape index (κ1) is 13.4. The fourth-order valence-corrected chi connectivity index (χ4v) is 2.12. The Kier molecular flexibility index (Phi) is 5.06. The van der Waals surface area contributed by atoms with E-state index in [2.05, 4.69) is 19.2 Å². The van der Waals surface area contributed by atoms with Crippen molar-refractivity contribution in [1.82, 2.24) is 5.32 Å². The van der Waals surface area contributed by atoms with E-state index in [1.54, 1.807) is 0 Å². The number of ether oxygens (including phenoxy) is 1. The Morgan fingerprint density at radius 1 is 1.22 bits per heavy atom. The summed E-state index contributed by atoms with van der Waals surface area (Å²) in [5.41, 5.74) is 0. The predicted octanol–water partition coefficient (Wildman–Crippen LogP) is 3.48. The van der Waals surface area contributed by atoms with E-state index < -0.39 is 0 Å². The van der Waals surface area contributed by atoms with Gasteiger partial charge in [-0.2, -0.15) is 0 Å². The highest BCUT2D eigenvalue weighted by atomic mass is 16.5. The topological polar surface area (TPSA) is 21.3 Å². The molecule has 2 nitrogen and oxygen atoms in total. The van der Waals surface area contributed by atoms with Gasteiger partial charge in [0.05, 0.1) is 6.61 Å². The second kappa shape index (κ2) is 6.79. The highest BCUT2D eigenvalue weighted by Crippen LogP contribution is 2.21. The summed E-state index contributed by atoms with van der Waals surface area (Å²) in [7, 11) is 0. The fraction of sp³-hybridized carbons (Fsp3) is 0.625. The molecular weight excluding hydrogens is 222 g/mol. The number of nitrogens with one attached hydrogen (secondary N) is 1. The van der Waals surface area contributed by atoms with Crippen LogP contribution in [0.2, 0.25) is 0 Å². The van der Waals surface area contributed by atoms with E-state index in [9.17, 15) is 0 Å². The maximum absolute atomic E-state index is 5.78. The van der Waals surface area contributed by atoms with E-state index in [1.807, 2.05) is 30.3 Å². The van der Waals surface area contributed by atoms with Gasteiger partial charge in [-0.05, 0) is 49.8 Å². The number of hydrogen-bond donors (Lipinski definition) is 1. The molecule has 0 spiro atoms. The van der Waals surface area contributed by atoms with E-state index in [4.69, 9.17) is 4.74 Å². The van der Waals surface area contributed by atoms with E-state index >= 15 is 0 Å². The van der Waals surface area contributed by atoms with Crippen LogP contribution < -0.4 is 10.1 Å². The molecule has 1 aromatic rings. The number of hydrogen-bond acceptors (Lipinski definition) is 2. The molecule has 1 unspecified atom stereocenters. The van der Waals surface area contributed by atoms with Gasteiger partial charge in [0.25, 0.3) is 0 Å². The van der Waals surface area contributed by atoms with Gasteiger partial charge in [-0.1, -0.05) is 32.0 Å². The van der Waals surface area contributed by atoms with Crippen LogP contribution >= 0.6 is 0 Å². The molecule has 18 heavy (non-hydrogen) atoms. The molecule has 0 amide bonds. The van der Waals surface area contributed by atoms with Crippen molar-refractivity contribution in [2.24, 2.45) is 11.8 Å². The van der Waals surface area contributed by atoms with Crippen LogP contribution in [0.15, 0.2) is 30.3 Å². The molecule has 100 valence electrons. The Morgan fingerprint density at radius 2 is 1.94 bits per heavy atom. The minimum Gasteiger partial charge on any atom is -0.494 e. The smallest absolute Gasteiger partial charge is 0.119 e. The zero-order valence-corrected chi connectivity index (χ0v) is 11.6. The van der Waals surface area contributed by atoms with Gasteiger partial charge in [0.15, 0.2) is 0 Å². The molecule has 0 bridgehead atoms. The lowest BCUT2D eigenvalue weighted by Crippen LogP contribution is -2.29. The monoisotopic (exact) mass is 247 g/mol. The SMILES string of the molecule is CC(C)C(CCOc1ccccc1)CNC1CC1. The number of para-hydroxylation sites is 1. The van der Waals surface area contributed by atoms with Crippen molar-refractivity contribution < 1.29 is 4.74 Å². The Balaban J connectivity index is 1.68. The highest BCUT2D eigenvalue weighted by Gasteiger charge is 2.22. The summed E-state index contributed by atoms with van der Waals surface area (Å²) in [5.74, 6) is 2.42. The van der Waals surface area contributed by atoms with Crippen LogP contribution in [0.5, 0.6) is 5.75 Å². The molecule has 2 heteroatoms. The molecule has 1 aliphatic rings. The highest BCUT2D eigenvalue weighted by molar-refractivity contribution is 5.20.